The molecule has 0 saturated heterocycles. The van der Waals surface area contributed by atoms with Crippen molar-refractivity contribution in [3.05, 3.63) is 30.0 Å². The fourth-order valence-electron chi connectivity index (χ4n) is 4.18. The van der Waals surface area contributed by atoms with E-state index in [0.717, 1.165) is 0 Å². The Hall–Kier alpha value is -3.83. The molecule has 0 unspecified atom stereocenters. The van der Waals surface area contributed by atoms with Crippen LogP contribution in [0.2, 0.25) is 0 Å². The number of hydrogen-bond donors (Lipinski definition) is 4. The van der Waals surface area contributed by atoms with Crippen molar-refractivity contribution in [2.75, 3.05) is 13.2 Å². The first-order valence-electron chi connectivity index (χ1n) is 12.5. The van der Waals surface area contributed by atoms with E-state index in [2.05, 4.69) is 15.7 Å². The summed E-state index contributed by atoms with van der Waals surface area (Å²) in [6, 6.07) is -0.949. The smallest absolute Gasteiger partial charge is 0.404 e. The first kappa shape index (κ1) is 30.4. The topological polar surface area (TPSA) is 181 Å². The Morgan fingerprint density at radius 3 is 2.53 bits per heavy atom. The number of nitrogens with one attached hydrogen (secondary N) is 2. The zero-order valence-corrected chi connectivity index (χ0v) is 23.0. The molecule has 12 heteroatoms. The Bertz CT molecular complexity index is 1110. The number of amides is 5. The molecule has 12 nitrogen and oxygen atoms in total. The van der Waals surface area contributed by atoms with Gasteiger partial charge in [0, 0.05) is 17.2 Å². The molecule has 1 aromatic rings. The zero-order valence-electron chi connectivity index (χ0n) is 23.0. The van der Waals surface area contributed by atoms with Crippen LogP contribution in [-0.4, -0.2) is 52.5 Å². The average molecular weight is 533 g/mol. The van der Waals surface area contributed by atoms with Crippen molar-refractivity contribution in [1.82, 2.24) is 20.4 Å². The monoisotopic (exact) mass is 532 g/mol. The molecule has 0 spiro atoms. The predicted molar refractivity (Wildman–Crippen MR) is 142 cm³/mol. The number of carbonyl (C=O) groups is 4. The highest BCUT2D eigenvalue weighted by molar-refractivity contribution is 5.98. The summed E-state index contributed by atoms with van der Waals surface area (Å²) in [6.07, 6.45) is 9.31. The highest BCUT2D eigenvalue weighted by Gasteiger charge is 2.41. The third kappa shape index (κ3) is 8.09. The van der Waals surface area contributed by atoms with Crippen LogP contribution in [-0.2, 0) is 9.53 Å². The molecule has 2 atom stereocenters. The van der Waals surface area contributed by atoms with Gasteiger partial charge in [-0.25, -0.2) is 14.3 Å². The lowest BCUT2D eigenvalue weighted by molar-refractivity contribution is -0.125. The van der Waals surface area contributed by atoms with Crippen LogP contribution in [0.3, 0.4) is 0 Å². The van der Waals surface area contributed by atoms with Gasteiger partial charge in [-0.3, -0.25) is 14.9 Å². The molecule has 210 valence electrons. The van der Waals surface area contributed by atoms with Crippen molar-refractivity contribution in [2.45, 2.75) is 66.3 Å². The van der Waals surface area contributed by atoms with Gasteiger partial charge in [-0.15, -0.1) is 0 Å². The molecule has 0 aliphatic heterocycles. The lowest BCUT2D eigenvalue weighted by Crippen LogP contribution is -2.52. The van der Waals surface area contributed by atoms with Gasteiger partial charge in [0.15, 0.2) is 0 Å². The molecule has 2 rings (SSSR count). The summed E-state index contributed by atoms with van der Waals surface area (Å²) < 4.78 is 12.4. The third-order valence-electron chi connectivity index (χ3n) is 6.37. The van der Waals surface area contributed by atoms with Gasteiger partial charge in [0.2, 0.25) is 11.8 Å². The van der Waals surface area contributed by atoms with Crippen LogP contribution in [0.15, 0.2) is 24.4 Å². The Morgan fingerprint density at radius 2 is 1.95 bits per heavy atom. The van der Waals surface area contributed by atoms with E-state index < -0.39 is 34.4 Å². The molecular weight excluding hydrogens is 492 g/mol. The number of carbonyl (C=O) groups excluding carboxylic acids is 4. The summed E-state index contributed by atoms with van der Waals surface area (Å²) in [6.45, 7) is 11.5. The molecule has 1 aliphatic rings. The van der Waals surface area contributed by atoms with Crippen LogP contribution >= 0.6 is 0 Å². The van der Waals surface area contributed by atoms with Gasteiger partial charge in [0.05, 0.1) is 18.2 Å². The van der Waals surface area contributed by atoms with Gasteiger partial charge >= 0.3 is 12.1 Å². The lowest BCUT2D eigenvalue weighted by atomic mass is 9.70. The minimum Gasteiger partial charge on any atom is -0.477 e. The average Bonchev–Trinajstić information content (AvgIpc) is 3.23. The van der Waals surface area contributed by atoms with Crippen LogP contribution < -0.4 is 26.8 Å². The summed E-state index contributed by atoms with van der Waals surface area (Å²) in [7, 11) is 0. The zero-order chi connectivity index (χ0) is 28.7. The van der Waals surface area contributed by atoms with E-state index in [0.29, 0.717) is 25.9 Å². The molecule has 0 bridgehead atoms. The summed E-state index contributed by atoms with van der Waals surface area (Å²) in [5, 5.41) is 9.51. The van der Waals surface area contributed by atoms with E-state index in [1.165, 1.54) is 23.2 Å². The van der Waals surface area contributed by atoms with E-state index >= 15 is 0 Å². The molecular formula is C26H40N6O6. The predicted octanol–water partition coefficient (Wildman–Crippen LogP) is 2.94. The van der Waals surface area contributed by atoms with Crippen molar-refractivity contribution in [1.29, 1.82) is 0 Å². The van der Waals surface area contributed by atoms with Crippen LogP contribution in [0.1, 0.15) is 71.2 Å². The number of urea groups is 1. The molecule has 0 radical (unpaired) electrons. The first-order valence-corrected chi connectivity index (χ1v) is 12.5. The van der Waals surface area contributed by atoms with Crippen molar-refractivity contribution in [2.24, 2.45) is 28.2 Å². The van der Waals surface area contributed by atoms with Crippen LogP contribution in [0.5, 0.6) is 5.88 Å². The molecule has 6 N–H and O–H groups in total. The summed E-state index contributed by atoms with van der Waals surface area (Å²) in [4.78, 5) is 48.1. The molecule has 0 fully saturated rings. The van der Waals surface area contributed by atoms with Crippen molar-refractivity contribution >= 4 is 30.1 Å². The number of rotatable bonds is 11. The van der Waals surface area contributed by atoms with Gasteiger partial charge in [-0.2, -0.15) is 5.10 Å². The Balaban J connectivity index is 2.34. The Morgan fingerprint density at radius 1 is 1.26 bits per heavy atom. The SMILES string of the molecule is CC[C@@]1(NC(=O)c2cnn(/C=C/C(C)(C)C(=O)NC(N)=O)c2OCC(C)C)CC=C[C@@](C)(COC(N)=O)C1. The number of imide groups is 1. The van der Waals surface area contributed by atoms with Crippen LogP contribution in [0, 0.1) is 16.7 Å². The van der Waals surface area contributed by atoms with Gasteiger partial charge in [0.1, 0.15) is 12.2 Å². The van der Waals surface area contributed by atoms with Gasteiger partial charge in [0.25, 0.3) is 5.91 Å². The fourth-order valence-corrected chi connectivity index (χ4v) is 4.18. The van der Waals surface area contributed by atoms with E-state index in [1.807, 2.05) is 39.8 Å². The molecule has 1 aliphatic carbocycles. The van der Waals surface area contributed by atoms with Crippen molar-refractivity contribution < 1.29 is 28.7 Å². The van der Waals surface area contributed by atoms with Crippen LogP contribution in [0.25, 0.3) is 6.20 Å². The third-order valence-corrected chi connectivity index (χ3v) is 6.37. The number of nitrogens with two attached hydrogens (primary N) is 2. The number of aromatic nitrogens is 2. The molecule has 1 heterocycles. The highest BCUT2D eigenvalue weighted by atomic mass is 16.5. The van der Waals surface area contributed by atoms with E-state index in [1.54, 1.807) is 13.8 Å². The lowest BCUT2D eigenvalue weighted by Gasteiger charge is -2.43. The fraction of sp³-hybridized carbons (Fsp3) is 0.577. The molecule has 5 amide bonds. The van der Waals surface area contributed by atoms with Crippen molar-refractivity contribution in [3.8, 4) is 5.88 Å². The standard InChI is InChI=1S/C26H40N6O6/c1-7-26(10-8-9-25(6,15-26)16-38-23(28)36)31-19(33)18-13-29-32(20(18)37-14-17(2)3)12-11-24(4,5)21(34)30-22(27)35/h8-9,11-13,17H,7,10,14-16H2,1-6H3,(H2,28,36)(H,31,33)(H3,27,30,34,35)/b12-11+/t25-,26-/m1/s1. The Labute approximate surface area is 223 Å². The maximum Gasteiger partial charge on any atom is 0.404 e. The van der Waals surface area contributed by atoms with Gasteiger partial charge < -0.3 is 26.3 Å². The number of nitrogens with zero attached hydrogens (tertiary/aromatic N) is 2. The van der Waals surface area contributed by atoms with Gasteiger partial charge in [-0.1, -0.05) is 45.9 Å². The van der Waals surface area contributed by atoms with E-state index in [4.69, 9.17) is 20.9 Å². The highest BCUT2D eigenvalue weighted by Crippen LogP contribution is 2.39. The maximum absolute atomic E-state index is 13.6. The minimum absolute atomic E-state index is 0.0983. The second-order valence-electron chi connectivity index (χ2n) is 11.0. The van der Waals surface area contributed by atoms with E-state index in [-0.39, 0.29) is 29.9 Å². The second kappa shape index (κ2) is 12.1. The van der Waals surface area contributed by atoms with Crippen LogP contribution in [0.4, 0.5) is 9.59 Å². The minimum atomic E-state index is -1.10. The molecule has 0 saturated carbocycles. The largest absolute Gasteiger partial charge is 0.477 e. The maximum atomic E-state index is 13.6. The second-order valence-corrected chi connectivity index (χ2v) is 11.0. The van der Waals surface area contributed by atoms with Gasteiger partial charge in [-0.05, 0) is 39.0 Å². The van der Waals surface area contributed by atoms with E-state index in [9.17, 15) is 19.2 Å². The molecule has 0 aromatic carbocycles. The summed E-state index contributed by atoms with van der Waals surface area (Å²) in [5.74, 6) is -0.567. The number of hydrogen-bond acceptors (Lipinski definition) is 7. The normalized spacial score (nSPS) is 21.3. The summed E-state index contributed by atoms with van der Waals surface area (Å²) >= 11 is 0. The quantitative estimate of drug-likeness (QED) is 0.316. The molecule has 1 aromatic heterocycles. The number of ether oxygens (including phenoxy) is 2. The molecule has 38 heavy (non-hydrogen) atoms. The van der Waals surface area contributed by atoms with Crippen molar-refractivity contribution in [3.63, 3.8) is 0 Å². The first-order chi connectivity index (χ1) is 17.6. The Kier molecular flexibility index (Phi) is 9.71. The number of primary amides is 2. The summed E-state index contributed by atoms with van der Waals surface area (Å²) in [5.41, 5.74) is 8.25.